The number of hydrogen-bond donors (Lipinski definition) is 0. The number of anilines is 1. The molecule has 236 valence electrons. The second-order valence-corrected chi connectivity index (χ2v) is 14.7. The van der Waals surface area contributed by atoms with Gasteiger partial charge in [-0.1, -0.05) is 80.1 Å². The maximum atomic E-state index is 11.6. The molecule has 2 aliphatic heterocycles. The van der Waals surface area contributed by atoms with E-state index < -0.39 is 10.1 Å². The number of aryl methyl sites for hydroxylation is 1. The fourth-order valence-corrected chi connectivity index (χ4v) is 8.11. The van der Waals surface area contributed by atoms with Crippen LogP contribution in [0.25, 0.3) is 21.5 Å². The number of nitrogens with zero attached hydrogens (tertiary/aromatic N) is 2. The molecule has 0 atom stereocenters. The molecule has 0 amide bonds. The lowest BCUT2D eigenvalue weighted by Gasteiger charge is -2.26. The average Bonchev–Trinajstić information content (AvgIpc) is 3.37. The third kappa shape index (κ3) is 5.14. The van der Waals surface area contributed by atoms with Gasteiger partial charge in [0.25, 0.3) is 0 Å². The van der Waals surface area contributed by atoms with E-state index in [9.17, 15) is 13.0 Å². The number of benzene rings is 4. The molecule has 0 aromatic heterocycles. The van der Waals surface area contributed by atoms with Crippen molar-refractivity contribution in [2.75, 3.05) is 18.0 Å². The molecule has 5 nitrogen and oxygen atoms in total. The Morgan fingerprint density at radius 1 is 0.783 bits per heavy atom. The van der Waals surface area contributed by atoms with Crippen molar-refractivity contribution in [3.8, 4) is 0 Å². The monoisotopic (exact) mass is 630 g/mol. The summed E-state index contributed by atoms with van der Waals surface area (Å²) in [7, 11) is -4.52. The van der Waals surface area contributed by atoms with Gasteiger partial charge in [-0.25, -0.2) is 8.42 Å². The lowest BCUT2D eigenvalue weighted by molar-refractivity contribution is -0.433. The molecule has 0 bridgehead atoms. The van der Waals surface area contributed by atoms with Gasteiger partial charge < -0.3 is 9.45 Å². The lowest BCUT2D eigenvalue weighted by Crippen LogP contribution is -2.27. The highest BCUT2D eigenvalue weighted by Crippen LogP contribution is 2.51. The largest absolute Gasteiger partial charge is 0.744 e. The molecule has 2 heterocycles. The maximum Gasteiger partial charge on any atom is 0.210 e. The van der Waals surface area contributed by atoms with Crippen molar-refractivity contribution in [2.45, 2.75) is 64.2 Å². The molecule has 0 N–H and O–H groups in total. The summed E-state index contributed by atoms with van der Waals surface area (Å²) in [5.41, 5.74) is 8.24. The Labute approximate surface area is 273 Å². The third-order valence-corrected chi connectivity index (χ3v) is 10.5. The minimum Gasteiger partial charge on any atom is -0.744 e. The van der Waals surface area contributed by atoms with Crippen molar-refractivity contribution in [1.82, 2.24) is 0 Å². The van der Waals surface area contributed by atoms with Gasteiger partial charge in [-0.15, -0.1) is 0 Å². The fourth-order valence-electron chi connectivity index (χ4n) is 7.61. The van der Waals surface area contributed by atoms with Crippen LogP contribution in [0.3, 0.4) is 0 Å². The van der Waals surface area contributed by atoms with Gasteiger partial charge in [0.05, 0.1) is 10.3 Å². The smallest absolute Gasteiger partial charge is 0.210 e. The van der Waals surface area contributed by atoms with Gasteiger partial charge in [-0.05, 0) is 92.1 Å². The van der Waals surface area contributed by atoms with Crippen molar-refractivity contribution in [3.05, 3.63) is 126 Å². The Bertz CT molecular complexity index is 2160. The van der Waals surface area contributed by atoms with Crippen molar-refractivity contribution in [1.29, 1.82) is 0 Å². The second-order valence-electron chi connectivity index (χ2n) is 13.3. The van der Waals surface area contributed by atoms with Crippen LogP contribution in [0.4, 0.5) is 11.4 Å². The predicted molar refractivity (Wildman–Crippen MR) is 191 cm³/mol. The Balaban J connectivity index is 1.25. The molecule has 6 rings (SSSR count). The number of rotatable bonds is 7. The third-order valence-electron chi connectivity index (χ3n) is 9.69. The van der Waals surface area contributed by atoms with E-state index in [0.717, 1.165) is 35.1 Å². The quantitative estimate of drug-likeness (QED) is 0.116. The Morgan fingerprint density at radius 3 is 2.15 bits per heavy atom. The highest BCUT2D eigenvalue weighted by molar-refractivity contribution is 7.85. The average molecular weight is 631 g/mol. The van der Waals surface area contributed by atoms with Gasteiger partial charge in [-0.3, -0.25) is 0 Å². The van der Waals surface area contributed by atoms with Gasteiger partial charge in [0, 0.05) is 41.1 Å². The topological polar surface area (TPSA) is 63.5 Å². The lowest BCUT2D eigenvalue weighted by atomic mass is 9.79. The molecule has 0 spiro atoms. The van der Waals surface area contributed by atoms with Crippen molar-refractivity contribution in [2.24, 2.45) is 0 Å². The van der Waals surface area contributed by atoms with Crippen LogP contribution in [-0.4, -0.2) is 36.3 Å². The Hall–Kier alpha value is -4.26. The van der Waals surface area contributed by atoms with Crippen molar-refractivity contribution < 1.29 is 17.5 Å². The first-order chi connectivity index (χ1) is 21.8. The summed E-state index contributed by atoms with van der Waals surface area (Å²) in [5.74, 6) is 0. The van der Waals surface area contributed by atoms with E-state index in [0.29, 0.717) is 0 Å². The van der Waals surface area contributed by atoms with Crippen LogP contribution in [0.5, 0.6) is 0 Å². The highest BCUT2D eigenvalue weighted by atomic mass is 32.2. The van der Waals surface area contributed by atoms with Gasteiger partial charge >= 0.3 is 0 Å². The van der Waals surface area contributed by atoms with Crippen LogP contribution in [0.15, 0.2) is 114 Å². The van der Waals surface area contributed by atoms with E-state index in [4.69, 9.17) is 0 Å². The second kappa shape index (κ2) is 11.5. The molecule has 0 saturated heterocycles. The summed E-state index contributed by atoms with van der Waals surface area (Å²) < 4.78 is 37.3. The molecule has 46 heavy (non-hydrogen) atoms. The standard InChI is InChI=1S/C40H42N2O3S/c1-8-41-33-23-18-28-25-27(3)17-21-31(28)37(33)39(4,5)35(41)15-13-11-10-12-14-16-36-40(6,7)38-32-22-20-30(46(43,44)45)26-29(32)19-24-34(38)42(36)9-2/h10-26H,8-9H2,1-7H3. The molecule has 4 aromatic carbocycles. The summed E-state index contributed by atoms with van der Waals surface area (Å²) in [6.07, 6.45) is 14.8. The van der Waals surface area contributed by atoms with Crippen LogP contribution in [0.1, 0.15) is 58.2 Å². The first kappa shape index (κ1) is 31.7. The molecule has 0 radical (unpaired) electrons. The summed E-state index contributed by atoms with van der Waals surface area (Å²) in [6, 6.07) is 19.9. The molecule has 0 unspecified atom stereocenters. The molecule has 2 aliphatic rings. The molecular formula is C40H42N2O3S. The maximum absolute atomic E-state index is 11.6. The van der Waals surface area contributed by atoms with E-state index in [1.807, 2.05) is 12.1 Å². The van der Waals surface area contributed by atoms with Crippen LogP contribution in [0, 0.1) is 6.92 Å². The zero-order chi connectivity index (χ0) is 33.0. The zero-order valence-corrected chi connectivity index (χ0v) is 28.6. The SMILES string of the molecule is CCN1C(=CC=CC=CC=CC2=[N+](CC)c3ccc4cc(C)ccc4c3C2(C)C)C(C)(C)c2c1ccc1cc(S(=O)(=O)[O-])ccc21. The molecule has 0 saturated carbocycles. The summed E-state index contributed by atoms with van der Waals surface area (Å²) in [5, 5.41) is 4.33. The fraction of sp³-hybridized carbons (Fsp3) is 0.275. The minimum absolute atomic E-state index is 0.119. The number of fused-ring (bicyclic) bond motifs is 6. The number of hydrogen-bond acceptors (Lipinski definition) is 4. The van der Waals surface area contributed by atoms with E-state index in [-0.39, 0.29) is 15.7 Å². The minimum atomic E-state index is -4.52. The van der Waals surface area contributed by atoms with Gasteiger partial charge in [0.15, 0.2) is 5.71 Å². The Kier molecular flexibility index (Phi) is 7.94. The molecule has 4 aromatic rings. The van der Waals surface area contributed by atoms with E-state index in [1.54, 1.807) is 6.07 Å². The number of likely N-dealkylation sites (N-methyl/N-ethyl adjacent to an activating group) is 1. The highest BCUT2D eigenvalue weighted by Gasteiger charge is 2.45. The predicted octanol–water partition coefficient (Wildman–Crippen LogP) is 8.97. The number of allylic oxidation sites excluding steroid dienone is 8. The van der Waals surface area contributed by atoms with Crippen molar-refractivity contribution in [3.63, 3.8) is 0 Å². The van der Waals surface area contributed by atoms with Crippen LogP contribution >= 0.6 is 0 Å². The van der Waals surface area contributed by atoms with Crippen LogP contribution < -0.4 is 4.90 Å². The van der Waals surface area contributed by atoms with E-state index >= 15 is 0 Å². The van der Waals surface area contributed by atoms with Gasteiger partial charge in [0.1, 0.15) is 16.7 Å². The van der Waals surface area contributed by atoms with E-state index in [1.165, 1.54) is 51.1 Å². The first-order valence-electron chi connectivity index (χ1n) is 16.0. The van der Waals surface area contributed by atoms with Crippen LogP contribution in [0.2, 0.25) is 0 Å². The molecule has 6 heteroatoms. The van der Waals surface area contributed by atoms with Gasteiger partial charge in [0.2, 0.25) is 5.69 Å². The Morgan fingerprint density at radius 2 is 1.43 bits per heavy atom. The van der Waals surface area contributed by atoms with E-state index in [2.05, 4.69) is 131 Å². The summed E-state index contributed by atoms with van der Waals surface area (Å²) in [4.78, 5) is 2.11. The molecule has 0 fully saturated rings. The van der Waals surface area contributed by atoms with Crippen LogP contribution in [-0.2, 0) is 20.9 Å². The van der Waals surface area contributed by atoms with Gasteiger partial charge in [-0.2, -0.15) is 4.58 Å². The molecule has 0 aliphatic carbocycles. The molecular weight excluding hydrogens is 589 g/mol. The first-order valence-corrected chi connectivity index (χ1v) is 17.4. The normalized spacial score (nSPS) is 18.3. The van der Waals surface area contributed by atoms with Crippen molar-refractivity contribution >= 4 is 48.7 Å². The summed E-state index contributed by atoms with van der Waals surface area (Å²) in [6.45, 7) is 17.2. The zero-order valence-electron chi connectivity index (χ0n) is 27.8. The summed E-state index contributed by atoms with van der Waals surface area (Å²) >= 11 is 0.